The largest absolute Gasteiger partial charge is 0.480 e. The molecule has 1 N–H and O–H groups in total. The first-order valence-electron chi connectivity index (χ1n) is 8.00. The lowest BCUT2D eigenvalue weighted by Gasteiger charge is -2.39. The first-order chi connectivity index (χ1) is 11.7. The predicted octanol–water partition coefficient (Wildman–Crippen LogP) is 1.70. The second-order valence-corrected chi connectivity index (χ2v) is 7.56. The van der Waals surface area contributed by atoms with Crippen molar-refractivity contribution in [1.82, 2.24) is 19.8 Å². The average Bonchev–Trinajstić information content (AvgIpc) is 2.53. The third-order valence-electron chi connectivity index (χ3n) is 3.71. The molecular formula is C16H24N4O4S. The zero-order chi connectivity index (χ0) is 18.6. The van der Waals surface area contributed by atoms with Gasteiger partial charge in [-0.15, -0.1) is 11.8 Å². The maximum absolute atomic E-state index is 12.2. The number of aliphatic carboxylic acids is 1. The van der Waals surface area contributed by atoms with Crippen molar-refractivity contribution in [2.75, 3.05) is 25.9 Å². The third-order valence-corrected chi connectivity index (χ3v) is 4.44. The summed E-state index contributed by atoms with van der Waals surface area (Å²) in [7, 11) is 0. The van der Waals surface area contributed by atoms with Gasteiger partial charge in [0.1, 0.15) is 16.7 Å². The number of nitrogens with zero attached hydrogens (tertiary/aromatic N) is 4. The molecule has 1 aromatic rings. The molecule has 2 heterocycles. The van der Waals surface area contributed by atoms with Crippen LogP contribution in [0.4, 0.5) is 4.79 Å². The van der Waals surface area contributed by atoms with Crippen LogP contribution in [-0.4, -0.2) is 74.5 Å². The molecule has 1 unspecified atom stereocenters. The molecule has 8 nitrogen and oxygen atoms in total. The normalized spacial score (nSPS) is 18.9. The molecule has 1 aliphatic heterocycles. The summed E-state index contributed by atoms with van der Waals surface area (Å²) in [6.07, 6.45) is 4.64. The van der Waals surface area contributed by atoms with E-state index >= 15 is 0 Å². The van der Waals surface area contributed by atoms with Gasteiger partial charge in [0, 0.05) is 32.0 Å². The van der Waals surface area contributed by atoms with Crippen molar-refractivity contribution in [3.63, 3.8) is 0 Å². The van der Waals surface area contributed by atoms with Gasteiger partial charge in [-0.3, -0.25) is 14.7 Å². The smallest absolute Gasteiger partial charge is 0.410 e. The van der Waals surface area contributed by atoms with Gasteiger partial charge in [-0.2, -0.15) is 0 Å². The Morgan fingerprint density at radius 3 is 2.60 bits per heavy atom. The molecule has 0 aromatic carbocycles. The first-order valence-corrected chi connectivity index (χ1v) is 9.22. The molecular weight excluding hydrogens is 344 g/mol. The monoisotopic (exact) mass is 368 g/mol. The lowest BCUT2D eigenvalue weighted by molar-refractivity contribution is -0.145. The van der Waals surface area contributed by atoms with E-state index in [1.165, 1.54) is 16.7 Å². The van der Waals surface area contributed by atoms with Crippen LogP contribution < -0.4 is 0 Å². The Morgan fingerprint density at radius 2 is 2.00 bits per heavy atom. The van der Waals surface area contributed by atoms with Gasteiger partial charge in [0.25, 0.3) is 0 Å². The minimum Gasteiger partial charge on any atom is -0.480 e. The number of aromatic nitrogens is 2. The van der Waals surface area contributed by atoms with Crippen molar-refractivity contribution in [2.45, 2.75) is 44.0 Å². The number of ether oxygens (including phenoxy) is 1. The molecule has 0 saturated carbocycles. The number of hydrogen-bond donors (Lipinski definition) is 1. The summed E-state index contributed by atoms with van der Waals surface area (Å²) < 4.78 is 5.35. The summed E-state index contributed by atoms with van der Waals surface area (Å²) in [6, 6.07) is -0.807. The predicted molar refractivity (Wildman–Crippen MR) is 93.5 cm³/mol. The molecule has 1 amide bonds. The molecule has 1 saturated heterocycles. The summed E-state index contributed by atoms with van der Waals surface area (Å²) >= 11 is 1.47. The third kappa shape index (κ3) is 5.30. The number of piperazine rings is 1. The molecule has 2 rings (SSSR count). The fraction of sp³-hybridized carbons (Fsp3) is 0.625. The van der Waals surface area contributed by atoms with E-state index in [0.29, 0.717) is 19.6 Å². The minimum absolute atomic E-state index is 0.0825. The summed E-state index contributed by atoms with van der Waals surface area (Å²) in [4.78, 5) is 35.8. The van der Waals surface area contributed by atoms with Crippen molar-refractivity contribution in [1.29, 1.82) is 0 Å². The first kappa shape index (κ1) is 19.5. The van der Waals surface area contributed by atoms with Gasteiger partial charge in [0.2, 0.25) is 0 Å². The zero-order valence-corrected chi connectivity index (χ0v) is 15.7. The van der Waals surface area contributed by atoms with E-state index in [2.05, 4.69) is 9.97 Å². The molecule has 1 aromatic heterocycles. The Balaban J connectivity index is 2.09. The zero-order valence-electron chi connectivity index (χ0n) is 14.9. The van der Waals surface area contributed by atoms with E-state index in [1.54, 1.807) is 33.2 Å². The number of hydrogen-bond acceptors (Lipinski definition) is 7. The van der Waals surface area contributed by atoms with Crippen molar-refractivity contribution in [3.05, 3.63) is 18.1 Å². The number of rotatable bonds is 4. The van der Waals surface area contributed by atoms with Gasteiger partial charge in [-0.05, 0) is 27.0 Å². The lowest BCUT2D eigenvalue weighted by atomic mass is 10.1. The van der Waals surface area contributed by atoms with Crippen LogP contribution in [0.1, 0.15) is 26.5 Å². The highest BCUT2D eigenvalue weighted by atomic mass is 32.2. The van der Waals surface area contributed by atoms with Gasteiger partial charge in [-0.25, -0.2) is 9.78 Å². The SMILES string of the molecule is CSc1nccnc1CN1CCN(C(=O)OC(C)(C)C)CC1C(=O)O. The van der Waals surface area contributed by atoms with E-state index in [4.69, 9.17) is 4.74 Å². The van der Waals surface area contributed by atoms with E-state index in [9.17, 15) is 14.7 Å². The number of carbonyl (C=O) groups is 2. The molecule has 25 heavy (non-hydrogen) atoms. The van der Waals surface area contributed by atoms with Gasteiger partial charge >= 0.3 is 12.1 Å². The Hall–Kier alpha value is -1.87. The Labute approximate surface area is 151 Å². The van der Waals surface area contributed by atoms with Crippen molar-refractivity contribution < 1.29 is 19.4 Å². The van der Waals surface area contributed by atoms with Crippen molar-refractivity contribution >= 4 is 23.8 Å². The van der Waals surface area contributed by atoms with Crippen LogP contribution in [0.2, 0.25) is 0 Å². The highest BCUT2D eigenvalue weighted by Crippen LogP contribution is 2.20. The summed E-state index contributed by atoms with van der Waals surface area (Å²) in [5, 5.41) is 10.4. The Kier molecular flexibility index (Phi) is 6.23. The van der Waals surface area contributed by atoms with Gasteiger partial charge in [-0.1, -0.05) is 0 Å². The molecule has 138 valence electrons. The summed E-state index contributed by atoms with van der Waals surface area (Å²) in [6.45, 7) is 6.66. The van der Waals surface area contributed by atoms with E-state index in [0.717, 1.165) is 10.7 Å². The van der Waals surface area contributed by atoms with Crippen LogP contribution >= 0.6 is 11.8 Å². The Morgan fingerprint density at radius 1 is 1.32 bits per heavy atom. The van der Waals surface area contributed by atoms with E-state index < -0.39 is 23.7 Å². The van der Waals surface area contributed by atoms with E-state index in [-0.39, 0.29) is 6.54 Å². The second kappa shape index (κ2) is 8.01. The molecule has 1 atom stereocenters. The van der Waals surface area contributed by atoms with Crippen LogP contribution in [0, 0.1) is 0 Å². The standard InChI is InChI=1S/C16H24N4O4S/c1-16(2,3)24-15(23)20-8-7-19(12(10-20)14(21)22)9-11-13(25-4)18-6-5-17-11/h5-6,12H,7-10H2,1-4H3,(H,21,22). The average molecular weight is 368 g/mol. The highest BCUT2D eigenvalue weighted by Gasteiger charge is 2.36. The van der Waals surface area contributed by atoms with Gasteiger partial charge in [0.05, 0.1) is 12.2 Å². The van der Waals surface area contributed by atoms with Crippen molar-refractivity contribution in [3.8, 4) is 0 Å². The lowest BCUT2D eigenvalue weighted by Crippen LogP contribution is -2.58. The summed E-state index contributed by atoms with van der Waals surface area (Å²) in [5.41, 5.74) is 0.131. The van der Waals surface area contributed by atoms with E-state index in [1.807, 2.05) is 11.2 Å². The fourth-order valence-corrected chi connectivity index (χ4v) is 3.08. The van der Waals surface area contributed by atoms with Crippen LogP contribution in [0.3, 0.4) is 0 Å². The number of carboxylic acids is 1. The maximum Gasteiger partial charge on any atom is 0.410 e. The van der Waals surface area contributed by atoms with Crippen molar-refractivity contribution in [2.24, 2.45) is 0 Å². The molecule has 1 fully saturated rings. The number of carboxylic acid groups (broad SMARTS) is 1. The fourth-order valence-electron chi connectivity index (χ4n) is 2.56. The topological polar surface area (TPSA) is 95.9 Å². The number of thioether (sulfide) groups is 1. The molecule has 1 aliphatic rings. The van der Waals surface area contributed by atoms with Crippen LogP contribution in [-0.2, 0) is 16.1 Å². The van der Waals surface area contributed by atoms with Crippen LogP contribution in [0.25, 0.3) is 0 Å². The quantitative estimate of drug-likeness (QED) is 0.803. The van der Waals surface area contributed by atoms with Crippen LogP contribution in [0.15, 0.2) is 17.4 Å². The van der Waals surface area contributed by atoms with Crippen LogP contribution in [0.5, 0.6) is 0 Å². The molecule has 0 spiro atoms. The number of carbonyl (C=O) groups excluding carboxylic acids is 1. The van der Waals surface area contributed by atoms with Gasteiger partial charge in [0.15, 0.2) is 0 Å². The molecule has 9 heteroatoms. The minimum atomic E-state index is -0.970. The molecule has 0 aliphatic carbocycles. The highest BCUT2D eigenvalue weighted by molar-refractivity contribution is 7.98. The Bertz CT molecular complexity index is 635. The number of amides is 1. The van der Waals surface area contributed by atoms with Gasteiger partial charge < -0.3 is 14.7 Å². The second-order valence-electron chi connectivity index (χ2n) is 6.76. The maximum atomic E-state index is 12.2. The molecule has 0 radical (unpaired) electrons. The summed E-state index contributed by atoms with van der Waals surface area (Å²) in [5.74, 6) is -0.970. The molecule has 0 bridgehead atoms.